The molecule has 3 heterocycles. The summed E-state index contributed by atoms with van der Waals surface area (Å²) in [7, 11) is 0. The number of nitrogens with zero attached hydrogens (tertiary/aromatic N) is 4. The van der Waals surface area contributed by atoms with Gasteiger partial charge in [0.25, 0.3) is 5.91 Å². The lowest BCUT2D eigenvalue weighted by Crippen LogP contribution is -2.47. The fraction of sp³-hybridized carbons (Fsp3) is 0.345. The minimum absolute atomic E-state index is 0.0970. The number of morpholine rings is 1. The zero-order chi connectivity index (χ0) is 25.8. The number of thioether (sulfide) groups is 1. The second-order valence-electron chi connectivity index (χ2n) is 9.41. The number of ether oxygens (including phenoxy) is 2. The van der Waals surface area contributed by atoms with Crippen LogP contribution < -0.4 is 4.74 Å². The molecule has 0 N–H and O–H groups in total. The Morgan fingerprint density at radius 1 is 1.08 bits per heavy atom. The smallest absolute Gasteiger partial charge is 0.286 e. The number of para-hydroxylation sites is 1. The third kappa shape index (κ3) is 5.97. The van der Waals surface area contributed by atoms with Gasteiger partial charge >= 0.3 is 0 Å². The molecule has 0 radical (unpaired) electrons. The van der Waals surface area contributed by atoms with Gasteiger partial charge in [0, 0.05) is 30.4 Å². The topological polar surface area (TPSA) is 68.9 Å². The fourth-order valence-corrected chi connectivity index (χ4v) is 5.40. The van der Waals surface area contributed by atoms with E-state index in [0.29, 0.717) is 11.5 Å². The summed E-state index contributed by atoms with van der Waals surface area (Å²) >= 11 is 1.42. The number of carbonyl (C=O) groups excluding carboxylic acids is 1. The first kappa shape index (κ1) is 25.3. The van der Waals surface area contributed by atoms with Crippen LogP contribution in [0.15, 0.2) is 70.7 Å². The molecule has 1 aromatic heterocycles. The van der Waals surface area contributed by atoms with E-state index < -0.39 is 0 Å². The average Bonchev–Trinajstić information content (AvgIpc) is 3.48. The van der Waals surface area contributed by atoms with Crippen LogP contribution in [0.5, 0.6) is 5.75 Å². The Kier molecular flexibility index (Phi) is 7.76. The Labute approximate surface area is 222 Å². The summed E-state index contributed by atoms with van der Waals surface area (Å²) in [6, 6.07) is 17.9. The second-order valence-corrected chi connectivity index (χ2v) is 10.4. The van der Waals surface area contributed by atoms with E-state index in [0.717, 1.165) is 59.4 Å². The highest BCUT2D eigenvalue weighted by molar-refractivity contribution is 8.18. The van der Waals surface area contributed by atoms with Crippen molar-refractivity contribution in [2.24, 2.45) is 4.99 Å². The summed E-state index contributed by atoms with van der Waals surface area (Å²) in [6.45, 7) is 8.39. The molecule has 8 heteroatoms. The third-order valence-corrected chi connectivity index (χ3v) is 7.29. The molecule has 2 unspecified atom stereocenters. The van der Waals surface area contributed by atoms with Crippen molar-refractivity contribution >= 4 is 28.9 Å². The standard InChI is InChI=1S/C29H32N4O3S/c1-4-5-15-35-25-13-11-22(12-14-25)27-23(19-33(31-27)24-9-7-6-8-10-24)16-26-28(34)30-29(37-26)32-17-20(2)36-21(3)18-32/h6-14,16,19-21H,4-5,15,17-18H2,1-3H3. The molecule has 2 aromatic carbocycles. The maximum absolute atomic E-state index is 12.9. The summed E-state index contributed by atoms with van der Waals surface area (Å²) in [5.74, 6) is 0.623. The van der Waals surface area contributed by atoms with E-state index >= 15 is 0 Å². The zero-order valence-corrected chi connectivity index (χ0v) is 22.3. The van der Waals surface area contributed by atoms with E-state index in [1.165, 1.54) is 11.8 Å². The van der Waals surface area contributed by atoms with Gasteiger partial charge in [-0.1, -0.05) is 31.5 Å². The van der Waals surface area contributed by atoms with Crippen LogP contribution in [0.4, 0.5) is 0 Å². The number of aromatic nitrogens is 2. The first-order valence-corrected chi connectivity index (χ1v) is 13.6. The minimum Gasteiger partial charge on any atom is -0.494 e. The number of carbonyl (C=O) groups is 1. The zero-order valence-electron chi connectivity index (χ0n) is 21.5. The van der Waals surface area contributed by atoms with Crippen molar-refractivity contribution in [1.29, 1.82) is 0 Å². The average molecular weight is 517 g/mol. The Bertz CT molecular complexity index is 1290. The predicted octanol–water partition coefficient (Wildman–Crippen LogP) is 5.80. The highest BCUT2D eigenvalue weighted by atomic mass is 32.2. The molecule has 0 spiro atoms. The molecule has 7 nitrogen and oxygen atoms in total. The molecule has 2 atom stereocenters. The summed E-state index contributed by atoms with van der Waals surface area (Å²) < 4.78 is 13.5. The number of unbranched alkanes of at least 4 members (excludes halogenated alkanes) is 1. The first-order chi connectivity index (χ1) is 18.0. The van der Waals surface area contributed by atoms with Crippen molar-refractivity contribution in [2.75, 3.05) is 19.7 Å². The lowest BCUT2D eigenvalue weighted by Gasteiger charge is -2.35. The fourth-order valence-electron chi connectivity index (χ4n) is 4.48. The maximum Gasteiger partial charge on any atom is 0.286 e. The van der Waals surface area contributed by atoms with E-state index in [4.69, 9.17) is 14.6 Å². The van der Waals surface area contributed by atoms with Gasteiger partial charge in [0.2, 0.25) is 0 Å². The van der Waals surface area contributed by atoms with Crippen molar-refractivity contribution in [3.63, 3.8) is 0 Å². The molecular formula is C29H32N4O3S. The van der Waals surface area contributed by atoms with Crippen molar-refractivity contribution in [3.05, 3.63) is 71.3 Å². The van der Waals surface area contributed by atoms with Gasteiger partial charge < -0.3 is 14.4 Å². The SMILES string of the molecule is CCCCOc1ccc(-c2nn(-c3ccccc3)cc2C=C2SC(N3CC(C)OC(C)C3)=NC2=O)cc1. The number of amides is 1. The van der Waals surface area contributed by atoms with Crippen LogP contribution in [0, 0.1) is 0 Å². The Balaban J connectivity index is 1.44. The molecule has 3 aromatic rings. The normalized spacial score (nSPS) is 20.9. The summed E-state index contributed by atoms with van der Waals surface area (Å²) in [4.78, 5) is 20.0. The quantitative estimate of drug-likeness (QED) is 0.292. The predicted molar refractivity (Wildman–Crippen MR) is 149 cm³/mol. The van der Waals surface area contributed by atoms with E-state index in [1.807, 2.05) is 85.4 Å². The molecule has 1 saturated heterocycles. The van der Waals surface area contributed by atoms with Crippen molar-refractivity contribution in [2.45, 2.75) is 45.8 Å². The summed E-state index contributed by atoms with van der Waals surface area (Å²) in [5.41, 5.74) is 3.56. The van der Waals surface area contributed by atoms with Gasteiger partial charge in [0.05, 0.1) is 35.1 Å². The summed E-state index contributed by atoms with van der Waals surface area (Å²) in [6.07, 6.45) is 6.19. The number of benzene rings is 2. The number of hydrogen-bond acceptors (Lipinski definition) is 6. The van der Waals surface area contributed by atoms with Crippen LogP contribution >= 0.6 is 11.8 Å². The van der Waals surface area contributed by atoms with Gasteiger partial charge in [-0.05, 0) is 74.5 Å². The molecule has 1 amide bonds. The monoisotopic (exact) mass is 516 g/mol. The third-order valence-electron chi connectivity index (χ3n) is 6.24. The molecule has 0 saturated carbocycles. The van der Waals surface area contributed by atoms with E-state index in [1.54, 1.807) is 0 Å². The highest BCUT2D eigenvalue weighted by Gasteiger charge is 2.31. The van der Waals surface area contributed by atoms with Crippen LogP contribution in [0.3, 0.4) is 0 Å². The first-order valence-electron chi connectivity index (χ1n) is 12.8. The van der Waals surface area contributed by atoms with Crippen LogP contribution in [-0.4, -0.2) is 57.7 Å². The van der Waals surface area contributed by atoms with Gasteiger partial charge in [0.15, 0.2) is 5.17 Å². The lowest BCUT2D eigenvalue weighted by molar-refractivity contribution is -0.113. The molecule has 5 rings (SSSR count). The molecule has 192 valence electrons. The Hall–Kier alpha value is -3.36. The minimum atomic E-state index is -0.218. The molecule has 2 aliphatic rings. The number of hydrogen-bond donors (Lipinski definition) is 0. The molecule has 0 bridgehead atoms. The van der Waals surface area contributed by atoms with Gasteiger partial charge in [-0.3, -0.25) is 4.79 Å². The van der Waals surface area contributed by atoms with Crippen LogP contribution in [0.1, 0.15) is 39.2 Å². The van der Waals surface area contributed by atoms with Crippen molar-refractivity contribution in [3.8, 4) is 22.7 Å². The van der Waals surface area contributed by atoms with Gasteiger partial charge in [-0.25, -0.2) is 4.68 Å². The lowest BCUT2D eigenvalue weighted by atomic mass is 10.1. The van der Waals surface area contributed by atoms with Crippen LogP contribution in [0.25, 0.3) is 23.0 Å². The van der Waals surface area contributed by atoms with Gasteiger partial charge in [-0.15, -0.1) is 0 Å². The van der Waals surface area contributed by atoms with Gasteiger partial charge in [0.1, 0.15) is 5.75 Å². The van der Waals surface area contributed by atoms with Crippen molar-refractivity contribution < 1.29 is 14.3 Å². The van der Waals surface area contributed by atoms with Crippen molar-refractivity contribution in [1.82, 2.24) is 14.7 Å². The number of rotatable bonds is 7. The second kappa shape index (κ2) is 11.4. The Morgan fingerprint density at radius 3 is 2.51 bits per heavy atom. The molecule has 2 aliphatic heterocycles. The van der Waals surface area contributed by atoms with Gasteiger partial charge in [-0.2, -0.15) is 10.1 Å². The molecular weight excluding hydrogens is 484 g/mol. The van der Waals surface area contributed by atoms with Crippen LogP contribution in [-0.2, 0) is 9.53 Å². The van der Waals surface area contributed by atoms with Crippen LogP contribution in [0.2, 0.25) is 0 Å². The van der Waals surface area contributed by atoms with E-state index in [2.05, 4.69) is 16.8 Å². The summed E-state index contributed by atoms with van der Waals surface area (Å²) in [5, 5.41) is 5.64. The number of amidine groups is 1. The highest BCUT2D eigenvalue weighted by Crippen LogP contribution is 2.34. The molecule has 0 aliphatic carbocycles. The maximum atomic E-state index is 12.9. The van der Waals surface area contributed by atoms with E-state index in [-0.39, 0.29) is 18.1 Å². The number of aliphatic imine (C=N–C) groups is 1. The Morgan fingerprint density at radius 2 is 1.81 bits per heavy atom. The largest absolute Gasteiger partial charge is 0.494 e. The van der Waals surface area contributed by atoms with E-state index in [9.17, 15) is 4.79 Å². The molecule has 37 heavy (non-hydrogen) atoms. The molecule has 1 fully saturated rings.